The highest BCUT2D eigenvalue weighted by Gasteiger charge is 2.27. The second-order valence-electron chi connectivity index (χ2n) is 2.49. The minimum absolute atomic E-state index is 0.0116. The Morgan fingerprint density at radius 2 is 2.50 bits per heavy atom. The molecule has 1 rings (SSSR count). The third-order valence-corrected chi connectivity index (χ3v) is 1.76. The Balaban J connectivity index is 2.39. The maximum absolute atomic E-state index is 10.3. The fraction of sp³-hybridized carbons (Fsp3) is 0.833. The van der Waals surface area contributed by atoms with Crippen LogP contribution in [0.1, 0.15) is 6.42 Å². The van der Waals surface area contributed by atoms with Gasteiger partial charge in [-0.2, -0.15) is 0 Å². The Hall–Kier alpha value is -0.610. The minimum Gasteiger partial charge on any atom is -0.480 e. The van der Waals surface area contributed by atoms with Gasteiger partial charge in [-0.1, -0.05) is 0 Å². The van der Waals surface area contributed by atoms with Crippen molar-refractivity contribution in [1.82, 2.24) is 0 Å². The van der Waals surface area contributed by atoms with Crippen LogP contribution in [0.4, 0.5) is 0 Å². The van der Waals surface area contributed by atoms with Crippen LogP contribution in [0.5, 0.6) is 0 Å². The molecule has 4 nitrogen and oxygen atoms in total. The summed E-state index contributed by atoms with van der Waals surface area (Å²) in [4.78, 5) is 10.3. The molecule has 0 aliphatic carbocycles. The predicted molar refractivity (Wildman–Crippen MR) is 34.5 cm³/mol. The van der Waals surface area contributed by atoms with E-state index in [0.717, 1.165) is 6.42 Å². The highest BCUT2D eigenvalue weighted by molar-refractivity contribution is 5.73. The van der Waals surface area contributed by atoms with E-state index in [2.05, 4.69) is 0 Å². The van der Waals surface area contributed by atoms with Gasteiger partial charge in [0.15, 0.2) is 0 Å². The van der Waals surface area contributed by atoms with E-state index < -0.39 is 12.0 Å². The summed E-state index contributed by atoms with van der Waals surface area (Å²) in [5.74, 6) is -0.923. The summed E-state index contributed by atoms with van der Waals surface area (Å²) in [6, 6.07) is -0.748. The van der Waals surface area contributed by atoms with Crippen LogP contribution >= 0.6 is 0 Å². The molecule has 3 N–H and O–H groups in total. The van der Waals surface area contributed by atoms with Crippen LogP contribution in [-0.2, 0) is 9.53 Å². The molecule has 0 spiro atoms. The summed E-state index contributed by atoms with van der Waals surface area (Å²) in [6.07, 6.45) is 0.771. The lowest BCUT2D eigenvalue weighted by atomic mass is 10.0. The van der Waals surface area contributed by atoms with E-state index in [1.807, 2.05) is 0 Å². The number of rotatable bonds is 2. The summed E-state index contributed by atoms with van der Waals surface area (Å²) in [7, 11) is 0. The van der Waals surface area contributed by atoms with Crippen LogP contribution < -0.4 is 5.73 Å². The van der Waals surface area contributed by atoms with Crippen molar-refractivity contribution >= 4 is 5.97 Å². The molecule has 0 aromatic rings. The van der Waals surface area contributed by atoms with Gasteiger partial charge in [0.25, 0.3) is 0 Å². The second kappa shape index (κ2) is 2.98. The van der Waals surface area contributed by atoms with Crippen molar-refractivity contribution in [3.8, 4) is 0 Å². The Kier molecular flexibility index (Phi) is 2.24. The molecule has 1 aliphatic heterocycles. The summed E-state index contributed by atoms with van der Waals surface area (Å²) >= 11 is 0. The van der Waals surface area contributed by atoms with Crippen molar-refractivity contribution in [1.29, 1.82) is 0 Å². The Bertz CT molecular complexity index is 131. The van der Waals surface area contributed by atoms with Gasteiger partial charge in [-0.05, 0) is 6.42 Å². The number of hydrogen-bond donors (Lipinski definition) is 2. The van der Waals surface area contributed by atoms with Gasteiger partial charge in [0.1, 0.15) is 6.04 Å². The van der Waals surface area contributed by atoms with Gasteiger partial charge in [0.2, 0.25) is 0 Å². The zero-order valence-electron chi connectivity index (χ0n) is 5.62. The molecule has 0 radical (unpaired) electrons. The van der Waals surface area contributed by atoms with Crippen LogP contribution in [0.15, 0.2) is 0 Å². The molecule has 0 aromatic carbocycles. The lowest BCUT2D eigenvalue weighted by Gasteiger charge is -2.11. The van der Waals surface area contributed by atoms with Crippen molar-refractivity contribution in [2.75, 3.05) is 13.2 Å². The lowest BCUT2D eigenvalue weighted by molar-refractivity contribution is -0.139. The normalized spacial score (nSPS) is 28.3. The highest BCUT2D eigenvalue weighted by Crippen LogP contribution is 2.14. The van der Waals surface area contributed by atoms with Crippen LogP contribution in [0, 0.1) is 5.92 Å². The highest BCUT2D eigenvalue weighted by atomic mass is 16.5. The van der Waals surface area contributed by atoms with E-state index in [1.54, 1.807) is 0 Å². The van der Waals surface area contributed by atoms with Gasteiger partial charge < -0.3 is 15.6 Å². The van der Waals surface area contributed by atoms with Crippen molar-refractivity contribution in [3.63, 3.8) is 0 Å². The molecule has 1 saturated heterocycles. The molecular formula is C6H11NO3. The summed E-state index contributed by atoms with van der Waals surface area (Å²) in [6.45, 7) is 1.14. The number of nitrogens with two attached hydrogens (primary N) is 1. The molecular weight excluding hydrogens is 134 g/mol. The summed E-state index contributed by atoms with van der Waals surface area (Å²) in [5, 5.41) is 8.46. The molecule has 1 heterocycles. The van der Waals surface area contributed by atoms with Crippen LogP contribution in [-0.4, -0.2) is 30.3 Å². The van der Waals surface area contributed by atoms with Gasteiger partial charge in [0.05, 0.1) is 6.61 Å². The van der Waals surface area contributed by atoms with Crippen molar-refractivity contribution in [2.45, 2.75) is 12.5 Å². The fourth-order valence-corrected chi connectivity index (χ4v) is 1.04. The molecule has 0 saturated carbocycles. The smallest absolute Gasteiger partial charge is 0.320 e. The van der Waals surface area contributed by atoms with E-state index in [0.29, 0.717) is 13.2 Å². The summed E-state index contributed by atoms with van der Waals surface area (Å²) in [5.41, 5.74) is 5.34. The van der Waals surface area contributed by atoms with E-state index in [4.69, 9.17) is 15.6 Å². The first-order valence-corrected chi connectivity index (χ1v) is 3.28. The first-order chi connectivity index (χ1) is 4.72. The van der Waals surface area contributed by atoms with Gasteiger partial charge in [-0.3, -0.25) is 4.79 Å². The lowest BCUT2D eigenvalue weighted by Crippen LogP contribution is -2.38. The Morgan fingerprint density at radius 3 is 2.90 bits per heavy atom. The molecule has 0 amide bonds. The SMILES string of the molecule is N[C@H](C(=O)O)[C@@H]1CCOC1. The minimum atomic E-state index is -0.935. The largest absolute Gasteiger partial charge is 0.480 e. The van der Waals surface area contributed by atoms with Crippen molar-refractivity contribution in [3.05, 3.63) is 0 Å². The molecule has 10 heavy (non-hydrogen) atoms. The first kappa shape index (κ1) is 7.50. The van der Waals surface area contributed by atoms with E-state index in [-0.39, 0.29) is 5.92 Å². The Labute approximate surface area is 59.0 Å². The van der Waals surface area contributed by atoms with Gasteiger partial charge in [-0.25, -0.2) is 0 Å². The molecule has 1 aliphatic rings. The quantitative estimate of drug-likeness (QED) is 0.546. The van der Waals surface area contributed by atoms with Crippen molar-refractivity contribution in [2.24, 2.45) is 11.7 Å². The van der Waals surface area contributed by atoms with Crippen LogP contribution in [0.3, 0.4) is 0 Å². The zero-order chi connectivity index (χ0) is 7.56. The molecule has 0 unspecified atom stereocenters. The maximum atomic E-state index is 10.3. The number of carboxylic acids is 1. The zero-order valence-corrected chi connectivity index (χ0v) is 5.62. The topological polar surface area (TPSA) is 72.6 Å². The average Bonchev–Trinajstić information content (AvgIpc) is 2.36. The number of carboxylic acid groups (broad SMARTS) is 1. The van der Waals surface area contributed by atoms with Crippen LogP contribution in [0.2, 0.25) is 0 Å². The molecule has 2 atom stereocenters. The molecule has 4 heteroatoms. The molecule has 1 fully saturated rings. The standard InChI is InChI=1S/C6H11NO3/c7-5(6(8)9)4-1-2-10-3-4/h4-5H,1-3,7H2,(H,8,9)/t4-,5+/m1/s1. The van der Waals surface area contributed by atoms with Gasteiger partial charge in [-0.15, -0.1) is 0 Å². The monoisotopic (exact) mass is 145 g/mol. The Morgan fingerprint density at radius 1 is 1.80 bits per heavy atom. The predicted octanol–water partition coefficient (Wildman–Crippen LogP) is -0.565. The first-order valence-electron chi connectivity index (χ1n) is 3.28. The molecule has 0 bridgehead atoms. The van der Waals surface area contributed by atoms with E-state index >= 15 is 0 Å². The molecule has 58 valence electrons. The summed E-state index contributed by atoms with van der Waals surface area (Å²) < 4.78 is 4.99. The van der Waals surface area contributed by atoms with Gasteiger partial charge in [0, 0.05) is 12.5 Å². The average molecular weight is 145 g/mol. The maximum Gasteiger partial charge on any atom is 0.320 e. The van der Waals surface area contributed by atoms with E-state index in [9.17, 15) is 4.79 Å². The van der Waals surface area contributed by atoms with Crippen molar-refractivity contribution < 1.29 is 14.6 Å². The number of ether oxygens (including phenoxy) is 1. The number of hydrogen-bond acceptors (Lipinski definition) is 3. The van der Waals surface area contributed by atoms with Gasteiger partial charge >= 0.3 is 5.97 Å². The third-order valence-electron chi connectivity index (χ3n) is 1.76. The van der Waals surface area contributed by atoms with Crippen LogP contribution in [0.25, 0.3) is 0 Å². The number of carbonyl (C=O) groups is 1. The van der Waals surface area contributed by atoms with E-state index in [1.165, 1.54) is 0 Å². The number of aliphatic carboxylic acids is 1. The fourth-order valence-electron chi connectivity index (χ4n) is 1.04. The second-order valence-corrected chi connectivity index (χ2v) is 2.49. The molecule has 0 aromatic heterocycles. The third kappa shape index (κ3) is 1.46.